The summed E-state index contributed by atoms with van der Waals surface area (Å²) >= 11 is 0. The lowest BCUT2D eigenvalue weighted by atomic mass is 10.1. The van der Waals surface area contributed by atoms with Crippen LogP contribution in [0.3, 0.4) is 0 Å². The molecule has 1 amide bonds. The van der Waals surface area contributed by atoms with E-state index in [2.05, 4.69) is 4.99 Å². The summed E-state index contributed by atoms with van der Waals surface area (Å²) in [5.74, 6) is -0.146. The first kappa shape index (κ1) is 9.71. The van der Waals surface area contributed by atoms with Crippen molar-refractivity contribution in [1.29, 1.82) is 0 Å². The number of phenols is 1. The first-order chi connectivity index (χ1) is 7.16. The molecule has 0 saturated carbocycles. The highest BCUT2D eigenvalue weighted by Crippen LogP contribution is 2.19. The molecule has 78 valence electrons. The SMILES string of the molecule is NC(=O)[C@@H]1CCC(c2ccc(O)cc2)=N1. The molecule has 1 aliphatic heterocycles. The van der Waals surface area contributed by atoms with Crippen LogP contribution in [0.2, 0.25) is 0 Å². The molecule has 2 rings (SSSR count). The van der Waals surface area contributed by atoms with E-state index < -0.39 is 0 Å². The minimum absolute atomic E-state index is 0.226. The summed E-state index contributed by atoms with van der Waals surface area (Å²) in [5, 5.41) is 9.13. The third-order valence-corrected chi connectivity index (χ3v) is 2.50. The van der Waals surface area contributed by atoms with E-state index in [0.29, 0.717) is 6.42 Å². The number of amides is 1. The van der Waals surface area contributed by atoms with Crippen LogP contribution in [0.5, 0.6) is 5.75 Å². The highest BCUT2D eigenvalue weighted by atomic mass is 16.3. The molecule has 0 saturated heterocycles. The fourth-order valence-electron chi connectivity index (χ4n) is 1.67. The Morgan fingerprint density at radius 1 is 1.40 bits per heavy atom. The Balaban J connectivity index is 2.22. The minimum atomic E-state index is -0.381. The molecule has 0 fully saturated rings. The van der Waals surface area contributed by atoms with Gasteiger partial charge in [0.05, 0.1) is 0 Å². The molecule has 1 aromatic rings. The van der Waals surface area contributed by atoms with Crippen LogP contribution in [0, 0.1) is 0 Å². The van der Waals surface area contributed by atoms with Gasteiger partial charge < -0.3 is 10.8 Å². The van der Waals surface area contributed by atoms with Crippen molar-refractivity contribution in [2.45, 2.75) is 18.9 Å². The molecular formula is C11H12N2O2. The smallest absolute Gasteiger partial charge is 0.242 e. The van der Waals surface area contributed by atoms with Crippen LogP contribution < -0.4 is 5.73 Å². The highest BCUT2D eigenvalue weighted by molar-refractivity contribution is 6.04. The molecule has 0 bridgehead atoms. The van der Waals surface area contributed by atoms with Crippen molar-refractivity contribution < 1.29 is 9.90 Å². The van der Waals surface area contributed by atoms with Gasteiger partial charge in [-0.3, -0.25) is 9.79 Å². The maximum Gasteiger partial charge on any atom is 0.242 e. The molecule has 4 heteroatoms. The van der Waals surface area contributed by atoms with Gasteiger partial charge in [-0.15, -0.1) is 0 Å². The summed E-state index contributed by atoms with van der Waals surface area (Å²) in [5.41, 5.74) is 7.01. The zero-order valence-electron chi connectivity index (χ0n) is 8.18. The number of nitrogens with two attached hydrogens (primary N) is 1. The van der Waals surface area contributed by atoms with Gasteiger partial charge in [-0.05, 0) is 42.7 Å². The molecule has 15 heavy (non-hydrogen) atoms. The third-order valence-electron chi connectivity index (χ3n) is 2.50. The van der Waals surface area contributed by atoms with Crippen molar-refractivity contribution in [3.63, 3.8) is 0 Å². The van der Waals surface area contributed by atoms with E-state index in [9.17, 15) is 4.79 Å². The Kier molecular flexibility index (Phi) is 2.41. The van der Waals surface area contributed by atoms with Crippen LogP contribution in [-0.2, 0) is 4.79 Å². The van der Waals surface area contributed by atoms with E-state index in [1.54, 1.807) is 24.3 Å². The zero-order chi connectivity index (χ0) is 10.8. The van der Waals surface area contributed by atoms with Gasteiger partial charge in [0.15, 0.2) is 0 Å². The topological polar surface area (TPSA) is 75.7 Å². The number of aliphatic imine (C=N–C) groups is 1. The van der Waals surface area contributed by atoms with E-state index in [1.165, 1.54) is 0 Å². The first-order valence-electron chi connectivity index (χ1n) is 4.82. The van der Waals surface area contributed by atoms with Gasteiger partial charge in [-0.1, -0.05) is 0 Å². The Morgan fingerprint density at radius 2 is 2.07 bits per heavy atom. The quantitative estimate of drug-likeness (QED) is 0.748. The van der Waals surface area contributed by atoms with Gasteiger partial charge in [-0.25, -0.2) is 0 Å². The van der Waals surface area contributed by atoms with E-state index >= 15 is 0 Å². The van der Waals surface area contributed by atoms with Crippen LogP contribution in [-0.4, -0.2) is 22.8 Å². The Bertz CT molecular complexity index is 409. The van der Waals surface area contributed by atoms with Crippen LogP contribution >= 0.6 is 0 Å². The average Bonchev–Trinajstić information content (AvgIpc) is 2.68. The molecule has 3 N–H and O–H groups in total. The lowest BCUT2D eigenvalue weighted by Gasteiger charge is -1.99. The van der Waals surface area contributed by atoms with Crippen LogP contribution in [0.15, 0.2) is 29.3 Å². The molecule has 4 nitrogen and oxygen atoms in total. The zero-order valence-corrected chi connectivity index (χ0v) is 8.18. The molecular weight excluding hydrogens is 192 g/mol. The second-order valence-electron chi connectivity index (χ2n) is 3.58. The molecule has 0 spiro atoms. The Hall–Kier alpha value is -1.84. The lowest BCUT2D eigenvalue weighted by Crippen LogP contribution is -2.24. The predicted molar refractivity (Wildman–Crippen MR) is 56.9 cm³/mol. The molecule has 0 radical (unpaired) electrons. The van der Waals surface area contributed by atoms with Crippen molar-refractivity contribution >= 4 is 11.6 Å². The van der Waals surface area contributed by atoms with Crippen LogP contribution in [0.1, 0.15) is 18.4 Å². The van der Waals surface area contributed by atoms with E-state index in [0.717, 1.165) is 17.7 Å². The first-order valence-corrected chi connectivity index (χ1v) is 4.82. The summed E-state index contributed by atoms with van der Waals surface area (Å²) in [6.45, 7) is 0. The van der Waals surface area contributed by atoms with Crippen molar-refractivity contribution in [2.75, 3.05) is 0 Å². The normalized spacial score (nSPS) is 20.0. The second kappa shape index (κ2) is 3.73. The number of benzene rings is 1. The minimum Gasteiger partial charge on any atom is -0.508 e. The summed E-state index contributed by atoms with van der Waals surface area (Å²) in [6, 6.07) is 6.41. The number of rotatable bonds is 2. The van der Waals surface area contributed by atoms with Crippen molar-refractivity contribution in [3.05, 3.63) is 29.8 Å². The van der Waals surface area contributed by atoms with Gasteiger partial charge in [0.1, 0.15) is 11.8 Å². The van der Waals surface area contributed by atoms with Crippen molar-refractivity contribution in [3.8, 4) is 5.75 Å². The predicted octanol–water partition coefficient (Wildman–Crippen LogP) is 0.829. The fourth-order valence-corrected chi connectivity index (χ4v) is 1.67. The monoisotopic (exact) mass is 204 g/mol. The molecule has 1 aliphatic rings. The third kappa shape index (κ3) is 1.98. The second-order valence-corrected chi connectivity index (χ2v) is 3.58. The Labute approximate surface area is 87.4 Å². The molecule has 0 aliphatic carbocycles. The van der Waals surface area contributed by atoms with Crippen molar-refractivity contribution in [2.24, 2.45) is 10.7 Å². The van der Waals surface area contributed by atoms with Gasteiger partial charge in [0.2, 0.25) is 5.91 Å². The number of hydrogen-bond acceptors (Lipinski definition) is 3. The summed E-state index contributed by atoms with van der Waals surface area (Å²) in [6.07, 6.45) is 1.45. The van der Waals surface area contributed by atoms with Crippen LogP contribution in [0.25, 0.3) is 0 Å². The number of primary amides is 1. The molecule has 1 atom stereocenters. The number of aromatic hydroxyl groups is 1. The summed E-state index contributed by atoms with van der Waals surface area (Å²) < 4.78 is 0. The number of hydrogen-bond donors (Lipinski definition) is 2. The maximum absolute atomic E-state index is 10.9. The molecule has 1 aromatic carbocycles. The highest BCUT2D eigenvalue weighted by Gasteiger charge is 2.22. The van der Waals surface area contributed by atoms with E-state index in [-0.39, 0.29) is 17.7 Å². The number of carbonyl (C=O) groups excluding carboxylic acids is 1. The molecule has 1 heterocycles. The van der Waals surface area contributed by atoms with Gasteiger partial charge >= 0.3 is 0 Å². The van der Waals surface area contributed by atoms with E-state index in [1.807, 2.05) is 0 Å². The Morgan fingerprint density at radius 3 is 2.60 bits per heavy atom. The van der Waals surface area contributed by atoms with Gasteiger partial charge in [0, 0.05) is 5.71 Å². The fraction of sp³-hybridized carbons (Fsp3) is 0.273. The molecule has 0 unspecified atom stereocenters. The maximum atomic E-state index is 10.9. The number of nitrogens with zero attached hydrogens (tertiary/aromatic N) is 1. The number of phenolic OH excluding ortho intramolecular Hbond substituents is 1. The average molecular weight is 204 g/mol. The molecule has 0 aromatic heterocycles. The van der Waals surface area contributed by atoms with E-state index in [4.69, 9.17) is 10.8 Å². The van der Waals surface area contributed by atoms with Crippen LogP contribution in [0.4, 0.5) is 0 Å². The largest absolute Gasteiger partial charge is 0.508 e. The van der Waals surface area contributed by atoms with Gasteiger partial charge in [-0.2, -0.15) is 0 Å². The summed E-state index contributed by atoms with van der Waals surface area (Å²) in [4.78, 5) is 15.2. The van der Waals surface area contributed by atoms with Gasteiger partial charge in [0.25, 0.3) is 0 Å². The summed E-state index contributed by atoms with van der Waals surface area (Å²) in [7, 11) is 0. The lowest BCUT2D eigenvalue weighted by molar-refractivity contribution is -0.119. The standard InChI is InChI=1S/C11H12N2O2/c12-11(15)10-6-5-9(13-10)7-1-3-8(14)4-2-7/h1-4,10,14H,5-6H2,(H2,12,15)/t10-/m0/s1. The number of carbonyl (C=O) groups is 1. The van der Waals surface area contributed by atoms with Crippen molar-refractivity contribution in [1.82, 2.24) is 0 Å².